The molecule has 3 nitrogen and oxygen atoms in total. The molecule has 0 atom stereocenters. The highest BCUT2D eigenvalue weighted by Crippen LogP contribution is 2.33. The van der Waals surface area contributed by atoms with E-state index in [0.717, 1.165) is 15.8 Å². The molecule has 0 amide bonds. The van der Waals surface area contributed by atoms with Crippen molar-refractivity contribution in [3.05, 3.63) is 52.8 Å². The molecule has 0 aliphatic rings. The molecule has 0 aliphatic carbocycles. The van der Waals surface area contributed by atoms with E-state index in [1.165, 1.54) is 25.0 Å². The van der Waals surface area contributed by atoms with E-state index >= 15 is 0 Å². The Bertz CT molecular complexity index is 593. The number of aliphatic hydroxyl groups is 1. The normalized spacial score (nSPS) is 11.9. The number of alkyl halides is 3. The van der Waals surface area contributed by atoms with E-state index in [4.69, 9.17) is 5.11 Å². The van der Waals surface area contributed by atoms with Gasteiger partial charge in [0.1, 0.15) is 5.69 Å². The van der Waals surface area contributed by atoms with Crippen molar-refractivity contribution in [1.29, 1.82) is 0 Å². The van der Waals surface area contributed by atoms with E-state index in [9.17, 15) is 13.2 Å². The molecule has 0 unspecified atom stereocenters. The average molecular weight is 316 g/mol. The maximum Gasteiger partial charge on any atom is 0.433 e. The van der Waals surface area contributed by atoms with Crippen LogP contribution in [0.2, 0.25) is 0 Å². The van der Waals surface area contributed by atoms with Crippen LogP contribution < -0.4 is 0 Å². The Morgan fingerprint density at radius 1 is 1.14 bits per heavy atom. The van der Waals surface area contributed by atoms with Crippen molar-refractivity contribution in [1.82, 2.24) is 9.78 Å². The highest BCUT2D eigenvalue weighted by molar-refractivity contribution is 7.97. The van der Waals surface area contributed by atoms with Gasteiger partial charge in [-0.05, 0) is 11.1 Å². The summed E-state index contributed by atoms with van der Waals surface area (Å²) in [5, 5.41) is 12.6. The van der Waals surface area contributed by atoms with E-state index in [1.54, 1.807) is 12.1 Å². The van der Waals surface area contributed by atoms with Gasteiger partial charge >= 0.3 is 6.18 Å². The lowest BCUT2D eigenvalue weighted by atomic mass is 10.2. The molecule has 1 aromatic heterocycles. The van der Waals surface area contributed by atoms with Gasteiger partial charge in [0.25, 0.3) is 0 Å². The summed E-state index contributed by atoms with van der Waals surface area (Å²) < 4.78 is 39.5. The Hall–Kier alpha value is -1.47. The minimum Gasteiger partial charge on any atom is -0.392 e. The number of aromatic nitrogens is 2. The number of aliphatic hydroxyl groups excluding tert-OH is 1. The third-order valence-corrected chi connectivity index (χ3v) is 4.07. The Balaban J connectivity index is 1.97. The van der Waals surface area contributed by atoms with Gasteiger partial charge in [-0.1, -0.05) is 24.3 Å². The second-order valence-electron chi connectivity index (χ2n) is 4.61. The molecule has 0 bridgehead atoms. The zero-order valence-corrected chi connectivity index (χ0v) is 12.2. The summed E-state index contributed by atoms with van der Waals surface area (Å²) in [7, 11) is 1.30. The summed E-state index contributed by atoms with van der Waals surface area (Å²) in [5.41, 5.74) is 1.33. The molecule has 2 rings (SSSR count). The van der Waals surface area contributed by atoms with Gasteiger partial charge in [-0.15, -0.1) is 0 Å². The molecular weight excluding hydrogens is 301 g/mol. The molecule has 7 heteroatoms. The van der Waals surface area contributed by atoms with Crippen LogP contribution in [0.15, 0.2) is 30.5 Å². The largest absolute Gasteiger partial charge is 0.433 e. The summed E-state index contributed by atoms with van der Waals surface area (Å²) in [6, 6.07) is 7.35. The van der Waals surface area contributed by atoms with Crippen molar-refractivity contribution in [3.63, 3.8) is 0 Å². The van der Waals surface area contributed by atoms with E-state index in [1.807, 2.05) is 12.1 Å². The third-order valence-electron chi connectivity index (χ3n) is 3.01. The van der Waals surface area contributed by atoms with E-state index in [0.29, 0.717) is 5.75 Å². The van der Waals surface area contributed by atoms with Gasteiger partial charge in [-0.25, -0.2) is 0 Å². The van der Waals surface area contributed by atoms with Crippen molar-refractivity contribution in [2.75, 3.05) is 0 Å². The molecular formula is C14H15F3N2OS. The predicted molar refractivity (Wildman–Crippen MR) is 75.6 cm³/mol. The lowest BCUT2D eigenvalue weighted by molar-refractivity contribution is -0.144. The van der Waals surface area contributed by atoms with Crippen molar-refractivity contribution in [2.45, 2.75) is 24.3 Å². The first kappa shape index (κ1) is 15.9. The number of aryl methyl sites for hydroxylation is 1. The first-order valence-electron chi connectivity index (χ1n) is 6.26. The number of halogens is 3. The van der Waals surface area contributed by atoms with Gasteiger partial charge in [-0.2, -0.15) is 30.0 Å². The summed E-state index contributed by atoms with van der Waals surface area (Å²) >= 11 is 1.40. The van der Waals surface area contributed by atoms with Crippen LogP contribution in [0, 0.1) is 0 Å². The first-order chi connectivity index (χ1) is 9.91. The summed E-state index contributed by atoms with van der Waals surface area (Å²) in [6.45, 7) is -0.0158. The van der Waals surface area contributed by atoms with Crippen molar-refractivity contribution >= 4 is 11.8 Å². The molecule has 0 saturated carbocycles. The van der Waals surface area contributed by atoms with Gasteiger partial charge < -0.3 is 5.11 Å². The minimum atomic E-state index is -4.39. The van der Waals surface area contributed by atoms with Crippen molar-refractivity contribution in [2.24, 2.45) is 7.05 Å². The monoisotopic (exact) mass is 316 g/mol. The topological polar surface area (TPSA) is 38.0 Å². The number of hydrogen-bond acceptors (Lipinski definition) is 3. The maximum atomic E-state index is 12.9. The quantitative estimate of drug-likeness (QED) is 0.919. The van der Waals surface area contributed by atoms with Gasteiger partial charge in [0.2, 0.25) is 0 Å². The van der Waals surface area contributed by atoms with Crippen LogP contribution in [0.25, 0.3) is 0 Å². The maximum absolute atomic E-state index is 12.9. The van der Waals surface area contributed by atoms with Crippen molar-refractivity contribution in [3.8, 4) is 0 Å². The molecule has 0 saturated heterocycles. The fraction of sp³-hybridized carbons (Fsp3) is 0.357. The number of hydrogen-bond donors (Lipinski definition) is 1. The molecule has 1 N–H and O–H groups in total. The minimum absolute atomic E-state index is 0.0158. The lowest BCUT2D eigenvalue weighted by Crippen LogP contribution is -2.13. The molecule has 1 aromatic carbocycles. The van der Waals surface area contributed by atoms with E-state index < -0.39 is 11.9 Å². The Morgan fingerprint density at radius 2 is 1.76 bits per heavy atom. The smallest absolute Gasteiger partial charge is 0.392 e. The first-order valence-corrected chi connectivity index (χ1v) is 7.41. The molecule has 0 aliphatic heterocycles. The van der Waals surface area contributed by atoms with Crippen LogP contribution in [0.1, 0.15) is 22.4 Å². The fourth-order valence-electron chi connectivity index (χ4n) is 1.97. The number of nitrogens with zero attached hydrogens (tertiary/aromatic N) is 2. The summed E-state index contributed by atoms with van der Waals surface area (Å²) in [5.74, 6) is 0.863. The van der Waals surface area contributed by atoms with Crippen LogP contribution in [-0.2, 0) is 31.3 Å². The van der Waals surface area contributed by atoms with Gasteiger partial charge in [0.15, 0.2) is 0 Å². The van der Waals surface area contributed by atoms with Crippen LogP contribution in [0.3, 0.4) is 0 Å². The molecule has 21 heavy (non-hydrogen) atoms. The Morgan fingerprint density at radius 3 is 2.33 bits per heavy atom. The predicted octanol–water partition coefficient (Wildman–Crippen LogP) is 3.36. The molecule has 0 spiro atoms. The van der Waals surface area contributed by atoms with Crippen LogP contribution in [0.5, 0.6) is 0 Å². The molecule has 0 radical (unpaired) electrons. The van der Waals surface area contributed by atoms with Crippen molar-refractivity contribution < 1.29 is 18.3 Å². The van der Waals surface area contributed by atoms with Crippen LogP contribution in [0.4, 0.5) is 13.2 Å². The second-order valence-corrected chi connectivity index (χ2v) is 5.59. The molecule has 0 fully saturated rings. The second kappa shape index (κ2) is 6.53. The van der Waals surface area contributed by atoms with Gasteiger partial charge in [-0.3, -0.25) is 4.68 Å². The lowest BCUT2D eigenvalue weighted by Gasteiger charge is -2.09. The summed E-state index contributed by atoms with van der Waals surface area (Å²) in [4.78, 5) is 0. The highest BCUT2D eigenvalue weighted by Gasteiger charge is 2.37. The third kappa shape index (κ3) is 4.01. The SMILES string of the molecule is Cn1ncc(CSCc2ccc(CO)cc2)c1C(F)(F)F. The zero-order valence-electron chi connectivity index (χ0n) is 11.4. The number of thioether (sulfide) groups is 1. The zero-order chi connectivity index (χ0) is 15.5. The molecule has 114 valence electrons. The average Bonchev–Trinajstić information content (AvgIpc) is 2.80. The van der Waals surface area contributed by atoms with Gasteiger partial charge in [0, 0.05) is 24.1 Å². The Labute approximate surface area is 124 Å². The van der Waals surface area contributed by atoms with Crippen LogP contribution >= 0.6 is 11.8 Å². The fourth-order valence-corrected chi connectivity index (χ4v) is 2.94. The Kier molecular flexibility index (Phi) is 4.95. The highest BCUT2D eigenvalue weighted by atomic mass is 32.2. The number of benzene rings is 1. The van der Waals surface area contributed by atoms with E-state index in [-0.39, 0.29) is 17.9 Å². The molecule has 1 heterocycles. The summed E-state index contributed by atoms with van der Waals surface area (Å²) in [6.07, 6.45) is -3.12. The van der Waals surface area contributed by atoms with Gasteiger partial charge in [0.05, 0.1) is 12.8 Å². The van der Waals surface area contributed by atoms with E-state index in [2.05, 4.69) is 5.10 Å². The standard InChI is InChI=1S/C14H15F3N2OS/c1-19-13(14(15,16)17)12(6-18-19)9-21-8-11-4-2-10(7-20)3-5-11/h2-6,20H,7-9H2,1H3. The van der Waals surface area contributed by atoms with Crippen LogP contribution in [-0.4, -0.2) is 14.9 Å². The molecule has 2 aromatic rings. The number of rotatable bonds is 5.